The highest BCUT2D eigenvalue weighted by atomic mass is 19.1. The maximum absolute atomic E-state index is 14.1. The summed E-state index contributed by atoms with van der Waals surface area (Å²) in [5, 5.41) is 11.2. The summed E-state index contributed by atoms with van der Waals surface area (Å²) in [5.74, 6) is -2.88. The van der Waals surface area contributed by atoms with Gasteiger partial charge in [-0.2, -0.15) is 0 Å². The molecular weight excluding hydrogens is 329 g/mol. The zero-order valence-corrected chi connectivity index (χ0v) is 12.7. The number of ether oxygens (including phenoxy) is 1. The van der Waals surface area contributed by atoms with Crippen LogP contribution in [0.2, 0.25) is 0 Å². The summed E-state index contributed by atoms with van der Waals surface area (Å²) in [4.78, 5) is 23.0. The smallest absolute Gasteiger partial charge is 0.371 e. The standard InChI is InChI=1S/C18H12FNO5/c19-12-7-4-8-13(24-11-5-2-1-3-6-11)16(12)20-17(21)14-9-10-15(25-14)18(22)23/h1-10H,(H,20,21)(H,22,23). The molecule has 0 atom stereocenters. The number of hydrogen-bond acceptors (Lipinski definition) is 4. The van der Waals surface area contributed by atoms with E-state index >= 15 is 0 Å². The molecule has 0 aliphatic carbocycles. The molecule has 0 spiro atoms. The highest BCUT2D eigenvalue weighted by Gasteiger charge is 2.19. The van der Waals surface area contributed by atoms with E-state index in [0.717, 1.165) is 12.1 Å². The monoisotopic (exact) mass is 341 g/mol. The molecule has 1 heterocycles. The molecule has 3 rings (SSSR count). The Bertz CT molecular complexity index is 920. The summed E-state index contributed by atoms with van der Waals surface area (Å²) in [6.07, 6.45) is 0. The van der Waals surface area contributed by atoms with Crippen molar-refractivity contribution >= 4 is 17.6 Å². The maximum atomic E-state index is 14.1. The van der Waals surface area contributed by atoms with Crippen molar-refractivity contribution in [1.29, 1.82) is 0 Å². The fraction of sp³-hybridized carbons (Fsp3) is 0. The average Bonchev–Trinajstić information content (AvgIpc) is 3.09. The molecule has 0 saturated heterocycles. The van der Waals surface area contributed by atoms with E-state index in [-0.39, 0.29) is 23.0 Å². The second-order valence-corrected chi connectivity index (χ2v) is 4.95. The van der Waals surface area contributed by atoms with Crippen LogP contribution in [0, 0.1) is 5.82 Å². The van der Waals surface area contributed by atoms with Gasteiger partial charge in [-0.15, -0.1) is 0 Å². The first-order chi connectivity index (χ1) is 12.0. The number of furan rings is 1. The molecule has 1 amide bonds. The second kappa shape index (κ2) is 6.88. The number of aromatic carboxylic acids is 1. The lowest BCUT2D eigenvalue weighted by Crippen LogP contribution is -2.13. The van der Waals surface area contributed by atoms with E-state index < -0.39 is 17.7 Å². The Balaban J connectivity index is 1.86. The van der Waals surface area contributed by atoms with Crippen molar-refractivity contribution < 1.29 is 28.2 Å². The summed E-state index contributed by atoms with van der Waals surface area (Å²) in [6.45, 7) is 0. The summed E-state index contributed by atoms with van der Waals surface area (Å²) < 4.78 is 24.6. The predicted octanol–water partition coefficient (Wildman–Crippen LogP) is 4.16. The van der Waals surface area contributed by atoms with Crippen LogP contribution in [-0.2, 0) is 0 Å². The Hall–Kier alpha value is -3.61. The topological polar surface area (TPSA) is 88.8 Å². The lowest BCUT2D eigenvalue weighted by atomic mass is 10.2. The lowest BCUT2D eigenvalue weighted by Gasteiger charge is -2.12. The number of carboxylic acid groups (broad SMARTS) is 1. The van der Waals surface area contributed by atoms with Crippen LogP contribution in [0.25, 0.3) is 0 Å². The van der Waals surface area contributed by atoms with Gasteiger partial charge in [-0.1, -0.05) is 24.3 Å². The molecule has 2 aromatic carbocycles. The molecule has 0 fully saturated rings. The number of nitrogens with one attached hydrogen (secondary N) is 1. The van der Waals surface area contributed by atoms with E-state index in [0.29, 0.717) is 5.75 Å². The molecule has 0 bridgehead atoms. The van der Waals surface area contributed by atoms with Crippen molar-refractivity contribution in [1.82, 2.24) is 0 Å². The molecule has 6 nitrogen and oxygen atoms in total. The maximum Gasteiger partial charge on any atom is 0.371 e. The first kappa shape index (κ1) is 16.3. The van der Waals surface area contributed by atoms with Crippen molar-refractivity contribution in [2.24, 2.45) is 0 Å². The largest absolute Gasteiger partial charge is 0.475 e. The van der Waals surface area contributed by atoms with Gasteiger partial charge in [-0.25, -0.2) is 9.18 Å². The molecule has 2 N–H and O–H groups in total. The molecule has 25 heavy (non-hydrogen) atoms. The van der Waals surface area contributed by atoms with Gasteiger partial charge in [-0.3, -0.25) is 4.79 Å². The third kappa shape index (κ3) is 3.66. The van der Waals surface area contributed by atoms with Crippen molar-refractivity contribution in [2.75, 3.05) is 5.32 Å². The number of anilines is 1. The van der Waals surface area contributed by atoms with Gasteiger partial charge in [0.15, 0.2) is 17.3 Å². The third-order valence-corrected chi connectivity index (χ3v) is 3.23. The third-order valence-electron chi connectivity index (χ3n) is 3.23. The number of hydrogen-bond donors (Lipinski definition) is 2. The Morgan fingerprint density at radius 2 is 1.68 bits per heavy atom. The highest BCUT2D eigenvalue weighted by Crippen LogP contribution is 2.32. The van der Waals surface area contributed by atoms with E-state index in [1.54, 1.807) is 30.3 Å². The first-order valence-corrected chi connectivity index (χ1v) is 7.20. The molecule has 126 valence electrons. The SMILES string of the molecule is O=C(O)c1ccc(C(=O)Nc2c(F)cccc2Oc2ccccc2)o1. The fourth-order valence-electron chi connectivity index (χ4n) is 2.08. The van der Waals surface area contributed by atoms with E-state index in [2.05, 4.69) is 5.32 Å². The number of para-hydroxylation sites is 2. The van der Waals surface area contributed by atoms with Crippen LogP contribution in [0.3, 0.4) is 0 Å². The van der Waals surface area contributed by atoms with Crippen LogP contribution in [-0.4, -0.2) is 17.0 Å². The summed E-state index contributed by atoms with van der Waals surface area (Å²) in [7, 11) is 0. The van der Waals surface area contributed by atoms with Crippen LogP contribution < -0.4 is 10.1 Å². The van der Waals surface area contributed by atoms with Crippen LogP contribution in [0.15, 0.2) is 65.1 Å². The minimum Gasteiger partial charge on any atom is -0.475 e. The van der Waals surface area contributed by atoms with Crippen LogP contribution in [0.4, 0.5) is 10.1 Å². The molecule has 0 aliphatic rings. The molecule has 0 radical (unpaired) electrons. The summed E-state index contributed by atoms with van der Waals surface area (Å²) in [5.41, 5.74) is -0.176. The van der Waals surface area contributed by atoms with Crippen molar-refractivity contribution in [3.05, 3.63) is 78.0 Å². The molecule has 3 aromatic rings. The van der Waals surface area contributed by atoms with E-state index in [1.807, 2.05) is 0 Å². The van der Waals surface area contributed by atoms with Gasteiger partial charge in [0.1, 0.15) is 11.4 Å². The quantitative estimate of drug-likeness (QED) is 0.727. The Kier molecular flexibility index (Phi) is 4.47. The normalized spacial score (nSPS) is 10.3. The van der Waals surface area contributed by atoms with Crippen molar-refractivity contribution in [3.8, 4) is 11.5 Å². The Morgan fingerprint density at radius 1 is 0.960 bits per heavy atom. The van der Waals surface area contributed by atoms with Gasteiger partial charge in [-0.05, 0) is 36.4 Å². The Morgan fingerprint density at radius 3 is 2.36 bits per heavy atom. The first-order valence-electron chi connectivity index (χ1n) is 7.20. The van der Waals surface area contributed by atoms with Gasteiger partial charge in [0.2, 0.25) is 5.76 Å². The van der Waals surface area contributed by atoms with Gasteiger partial charge < -0.3 is 19.6 Å². The number of halogens is 1. The number of amides is 1. The molecular formula is C18H12FNO5. The zero-order chi connectivity index (χ0) is 17.8. The number of rotatable bonds is 5. The minimum absolute atomic E-state index is 0.101. The Labute approximate surface area is 141 Å². The second-order valence-electron chi connectivity index (χ2n) is 4.95. The highest BCUT2D eigenvalue weighted by molar-refractivity contribution is 6.03. The summed E-state index contributed by atoms with van der Waals surface area (Å²) in [6, 6.07) is 15.1. The average molecular weight is 341 g/mol. The van der Waals surface area contributed by atoms with Crippen molar-refractivity contribution in [2.45, 2.75) is 0 Å². The van der Waals surface area contributed by atoms with Gasteiger partial charge in [0.25, 0.3) is 5.91 Å². The predicted molar refractivity (Wildman–Crippen MR) is 86.5 cm³/mol. The fourth-order valence-corrected chi connectivity index (χ4v) is 2.08. The number of carbonyl (C=O) groups is 2. The summed E-state index contributed by atoms with van der Waals surface area (Å²) >= 11 is 0. The number of carbonyl (C=O) groups excluding carboxylic acids is 1. The van der Waals surface area contributed by atoms with Crippen LogP contribution in [0.1, 0.15) is 21.1 Å². The molecule has 1 aromatic heterocycles. The van der Waals surface area contributed by atoms with Gasteiger partial charge in [0, 0.05) is 0 Å². The lowest BCUT2D eigenvalue weighted by molar-refractivity contribution is 0.0660. The van der Waals surface area contributed by atoms with E-state index in [9.17, 15) is 14.0 Å². The van der Waals surface area contributed by atoms with Crippen LogP contribution in [0.5, 0.6) is 11.5 Å². The van der Waals surface area contributed by atoms with Crippen molar-refractivity contribution in [3.63, 3.8) is 0 Å². The van der Waals surface area contributed by atoms with Crippen LogP contribution >= 0.6 is 0 Å². The molecule has 7 heteroatoms. The van der Waals surface area contributed by atoms with E-state index in [1.165, 1.54) is 18.2 Å². The zero-order valence-electron chi connectivity index (χ0n) is 12.7. The molecule has 0 aliphatic heterocycles. The minimum atomic E-state index is -1.31. The molecule has 0 unspecified atom stereocenters. The van der Waals surface area contributed by atoms with Gasteiger partial charge >= 0.3 is 5.97 Å². The van der Waals surface area contributed by atoms with E-state index in [4.69, 9.17) is 14.3 Å². The molecule has 0 saturated carbocycles. The number of benzene rings is 2. The number of carboxylic acids is 1. The van der Waals surface area contributed by atoms with Gasteiger partial charge in [0.05, 0.1) is 0 Å².